The molecule has 2 radical (unpaired) electrons. The Labute approximate surface area is 97.0 Å². The molecule has 0 heterocycles. The molecular formula is C12H20O4. The van der Waals surface area contributed by atoms with Crippen LogP contribution in [0, 0.1) is 23.9 Å². The summed E-state index contributed by atoms with van der Waals surface area (Å²) < 4.78 is 4.86. The highest BCUT2D eigenvalue weighted by atomic mass is 16.5. The van der Waals surface area contributed by atoms with Gasteiger partial charge >= 0.3 is 5.97 Å². The lowest BCUT2D eigenvalue weighted by molar-refractivity contribution is -0.138. The Bertz CT molecular complexity index is 227. The first kappa shape index (κ1) is 14.9. The van der Waals surface area contributed by atoms with Crippen molar-refractivity contribution in [2.45, 2.75) is 40.5 Å². The topological polar surface area (TPSA) is 63.6 Å². The molecule has 0 aliphatic heterocycles. The molecule has 0 aliphatic rings. The third-order valence-corrected chi connectivity index (χ3v) is 2.84. The van der Waals surface area contributed by atoms with E-state index < -0.39 is 5.97 Å². The Morgan fingerprint density at radius 1 is 1.25 bits per heavy atom. The van der Waals surface area contributed by atoms with Gasteiger partial charge in [0, 0.05) is 5.92 Å². The van der Waals surface area contributed by atoms with E-state index in [1.54, 1.807) is 0 Å². The van der Waals surface area contributed by atoms with E-state index in [2.05, 4.69) is 0 Å². The number of rotatable bonds is 8. The SMILES string of the molecule is CCC(C)[C](OC=O)[C](C(=O)O)C(C)CC. The first-order valence-corrected chi connectivity index (χ1v) is 5.57. The fourth-order valence-corrected chi connectivity index (χ4v) is 1.45. The van der Waals surface area contributed by atoms with E-state index in [1.807, 2.05) is 27.7 Å². The van der Waals surface area contributed by atoms with Crippen molar-refractivity contribution in [3.63, 3.8) is 0 Å². The van der Waals surface area contributed by atoms with Gasteiger partial charge in [-0.05, 0) is 12.3 Å². The third kappa shape index (κ3) is 3.83. The zero-order valence-corrected chi connectivity index (χ0v) is 10.3. The fourth-order valence-electron chi connectivity index (χ4n) is 1.45. The average molecular weight is 228 g/mol. The normalized spacial score (nSPS) is 14.9. The van der Waals surface area contributed by atoms with Crippen LogP contribution < -0.4 is 0 Å². The Morgan fingerprint density at radius 2 is 1.75 bits per heavy atom. The van der Waals surface area contributed by atoms with Gasteiger partial charge in [-0.25, -0.2) is 0 Å². The van der Waals surface area contributed by atoms with Crippen LogP contribution >= 0.6 is 0 Å². The largest absolute Gasteiger partial charge is 0.481 e. The number of carbonyl (C=O) groups excluding carboxylic acids is 1. The van der Waals surface area contributed by atoms with Gasteiger partial charge < -0.3 is 9.84 Å². The van der Waals surface area contributed by atoms with Gasteiger partial charge in [-0.2, -0.15) is 0 Å². The molecule has 92 valence electrons. The number of carboxylic acid groups (broad SMARTS) is 1. The Kier molecular flexibility index (Phi) is 6.77. The van der Waals surface area contributed by atoms with E-state index in [0.717, 1.165) is 6.42 Å². The second kappa shape index (κ2) is 7.25. The number of hydrogen-bond acceptors (Lipinski definition) is 3. The Balaban J connectivity index is 4.92. The molecule has 0 saturated heterocycles. The zero-order valence-electron chi connectivity index (χ0n) is 10.3. The Morgan fingerprint density at radius 3 is 2.06 bits per heavy atom. The third-order valence-electron chi connectivity index (χ3n) is 2.84. The summed E-state index contributed by atoms with van der Waals surface area (Å²) in [5.74, 6) is -0.984. The summed E-state index contributed by atoms with van der Waals surface area (Å²) >= 11 is 0. The quantitative estimate of drug-likeness (QED) is 0.648. The number of aliphatic carboxylic acids is 1. The van der Waals surface area contributed by atoms with Gasteiger partial charge in [-0.15, -0.1) is 0 Å². The van der Waals surface area contributed by atoms with Gasteiger partial charge in [0.05, 0.1) is 0 Å². The van der Waals surface area contributed by atoms with E-state index in [-0.39, 0.29) is 17.8 Å². The van der Waals surface area contributed by atoms with Crippen LogP contribution in [0.15, 0.2) is 0 Å². The van der Waals surface area contributed by atoms with Crippen LogP contribution in [-0.4, -0.2) is 17.5 Å². The fraction of sp³-hybridized carbons (Fsp3) is 0.667. The smallest absolute Gasteiger partial charge is 0.315 e. The summed E-state index contributed by atoms with van der Waals surface area (Å²) in [6.07, 6.45) is 1.72. The predicted octanol–water partition coefficient (Wildman–Crippen LogP) is 2.44. The molecule has 0 aliphatic carbocycles. The van der Waals surface area contributed by atoms with E-state index in [0.29, 0.717) is 19.0 Å². The molecule has 2 atom stereocenters. The van der Waals surface area contributed by atoms with Crippen molar-refractivity contribution in [2.24, 2.45) is 11.8 Å². The molecule has 0 bridgehead atoms. The molecule has 2 unspecified atom stereocenters. The maximum absolute atomic E-state index is 11.2. The van der Waals surface area contributed by atoms with Gasteiger partial charge in [0.1, 0.15) is 5.92 Å². The molecule has 1 N–H and O–H groups in total. The van der Waals surface area contributed by atoms with Crippen molar-refractivity contribution in [3.05, 3.63) is 12.0 Å². The van der Waals surface area contributed by atoms with Gasteiger partial charge in [-0.1, -0.05) is 34.1 Å². The van der Waals surface area contributed by atoms with Gasteiger partial charge in [0.15, 0.2) is 6.10 Å². The van der Waals surface area contributed by atoms with Crippen molar-refractivity contribution >= 4 is 12.4 Å². The number of ether oxygens (including phenoxy) is 1. The molecule has 0 rings (SSSR count). The van der Waals surface area contributed by atoms with E-state index in [4.69, 9.17) is 9.84 Å². The minimum Gasteiger partial charge on any atom is -0.481 e. The summed E-state index contributed by atoms with van der Waals surface area (Å²) in [5, 5.41) is 9.16. The maximum Gasteiger partial charge on any atom is 0.315 e. The van der Waals surface area contributed by atoms with E-state index >= 15 is 0 Å². The predicted molar refractivity (Wildman–Crippen MR) is 60.2 cm³/mol. The summed E-state index contributed by atoms with van der Waals surface area (Å²) in [7, 11) is 0. The average Bonchev–Trinajstić information content (AvgIpc) is 2.26. The van der Waals surface area contributed by atoms with Crippen LogP contribution in [-0.2, 0) is 14.3 Å². The van der Waals surface area contributed by atoms with E-state index in [1.165, 1.54) is 0 Å². The number of carbonyl (C=O) groups is 2. The zero-order chi connectivity index (χ0) is 12.7. The molecule has 0 aromatic rings. The van der Waals surface area contributed by atoms with Crippen LogP contribution in [0.2, 0.25) is 0 Å². The molecule has 0 aromatic carbocycles. The second-order valence-electron chi connectivity index (χ2n) is 3.92. The molecule has 4 heteroatoms. The minimum atomic E-state index is -1.01. The number of carboxylic acids is 1. The standard InChI is InChI=1S/C12H20O4/c1-5-8(3)10(12(14)15)11(16-7-13)9(4)6-2/h7-9H,5-6H2,1-4H3,(H,14,15). The van der Waals surface area contributed by atoms with Crippen molar-refractivity contribution < 1.29 is 19.4 Å². The summed E-state index contributed by atoms with van der Waals surface area (Å²) in [6, 6.07) is 0. The van der Waals surface area contributed by atoms with Crippen molar-refractivity contribution in [2.75, 3.05) is 0 Å². The highest BCUT2D eigenvalue weighted by Crippen LogP contribution is 2.35. The second-order valence-corrected chi connectivity index (χ2v) is 3.92. The molecular weight excluding hydrogens is 208 g/mol. The maximum atomic E-state index is 11.2. The first-order chi connectivity index (χ1) is 7.49. The molecule has 0 spiro atoms. The van der Waals surface area contributed by atoms with Crippen LogP contribution in [0.1, 0.15) is 40.5 Å². The molecule has 0 amide bonds. The van der Waals surface area contributed by atoms with Crippen LogP contribution in [0.5, 0.6) is 0 Å². The molecule has 4 nitrogen and oxygen atoms in total. The van der Waals surface area contributed by atoms with Crippen molar-refractivity contribution in [1.29, 1.82) is 0 Å². The Hall–Kier alpha value is -1.06. The van der Waals surface area contributed by atoms with Gasteiger partial charge in [0.2, 0.25) is 0 Å². The molecule has 0 aromatic heterocycles. The van der Waals surface area contributed by atoms with Crippen LogP contribution in [0.4, 0.5) is 0 Å². The highest BCUT2D eigenvalue weighted by Gasteiger charge is 2.38. The lowest BCUT2D eigenvalue weighted by Gasteiger charge is -2.28. The van der Waals surface area contributed by atoms with E-state index in [9.17, 15) is 9.59 Å². The van der Waals surface area contributed by atoms with Crippen molar-refractivity contribution in [3.8, 4) is 0 Å². The first-order valence-electron chi connectivity index (χ1n) is 5.57. The van der Waals surface area contributed by atoms with Crippen LogP contribution in [0.3, 0.4) is 0 Å². The summed E-state index contributed by atoms with van der Waals surface area (Å²) in [6.45, 7) is 7.80. The number of hydrogen-bond donors (Lipinski definition) is 1. The van der Waals surface area contributed by atoms with Gasteiger partial charge in [-0.3, -0.25) is 9.59 Å². The highest BCUT2D eigenvalue weighted by molar-refractivity contribution is 5.86. The minimum absolute atomic E-state index is 0.0645. The summed E-state index contributed by atoms with van der Waals surface area (Å²) in [5.41, 5.74) is 0. The van der Waals surface area contributed by atoms with Crippen LogP contribution in [0.25, 0.3) is 0 Å². The van der Waals surface area contributed by atoms with Gasteiger partial charge in [0.25, 0.3) is 6.47 Å². The van der Waals surface area contributed by atoms with Crippen molar-refractivity contribution in [1.82, 2.24) is 0 Å². The molecule has 0 fully saturated rings. The molecule has 0 saturated carbocycles. The monoisotopic (exact) mass is 228 g/mol. The lowest BCUT2D eigenvalue weighted by Crippen LogP contribution is -2.31. The molecule has 16 heavy (non-hydrogen) atoms. The summed E-state index contributed by atoms with van der Waals surface area (Å²) in [4.78, 5) is 21.6. The lowest BCUT2D eigenvalue weighted by atomic mass is 9.81.